The van der Waals surface area contributed by atoms with Gasteiger partial charge in [-0.2, -0.15) is 0 Å². The first-order valence-corrected chi connectivity index (χ1v) is 8.33. The second kappa shape index (κ2) is 19.8. The normalized spacial score (nSPS) is 11.1. The third kappa shape index (κ3) is 19.8. The van der Waals surface area contributed by atoms with Crippen molar-refractivity contribution in [1.29, 1.82) is 0 Å². The maximum Gasteiger partial charge on any atom is 0.0488 e. The van der Waals surface area contributed by atoms with Crippen LogP contribution < -0.4 is 0 Å². The van der Waals surface area contributed by atoms with Crippen LogP contribution in [0.2, 0.25) is 0 Å². The minimum Gasteiger partial charge on any atom is -0.396 e. The van der Waals surface area contributed by atoms with Gasteiger partial charge in [0.2, 0.25) is 0 Å². The predicted molar refractivity (Wildman–Crippen MR) is 83.7 cm³/mol. The van der Waals surface area contributed by atoms with E-state index in [1.54, 1.807) is 0 Å². The number of hydrogen-bond acceptors (Lipinski definition) is 5. The Bertz CT molecular complexity index is 160. The van der Waals surface area contributed by atoms with Crippen LogP contribution in [0.15, 0.2) is 0 Å². The first-order chi connectivity index (χ1) is 10.4. The van der Waals surface area contributed by atoms with Crippen molar-refractivity contribution in [3.8, 4) is 0 Å². The molecule has 0 aromatic rings. The van der Waals surface area contributed by atoms with E-state index in [0.29, 0.717) is 19.6 Å². The zero-order valence-corrected chi connectivity index (χ0v) is 13.7. The molecule has 5 nitrogen and oxygen atoms in total. The molecule has 0 aromatic carbocycles. The molecule has 0 aliphatic rings. The van der Waals surface area contributed by atoms with E-state index in [9.17, 15) is 0 Å². The standard InChI is InChI=1S/C16H34O5/c1-2-3-9-18-11-5-13-20-15-7-16-21-14-6-12-19-10-4-8-17/h17H,2-16H2,1H3. The van der Waals surface area contributed by atoms with E-state index in [4.69, 9.17) is 24.1 Å². The molecule has 0 spiro atoms. The lowest BCUT2D eigenvalue weighted by atomic mass is 10.4. The summed E-state index contributed by atoms with van der Waals surface area (Å²) in [7, 11) is 0. The summed E-state index contributed by atoms with van der Waals surface area (Å²) in [6.07, 6.45) is 5.84. The van der Waals surface area contributed by atoms with Crippen molar-refractivity contribution in [3.63, 3.8) is 0 Å². The average molecular weight is 306 g/mol. The molecule has 0 aliphatic carbocycles. The molecule has 0 unspecified atom stereocenters. The molecule has 0 aromatic heterocycles. The van der Waals surface area contributed by atoms with Crippen molar-refractivity contribution in [2.45, 2.75) is 45.4 Å². The molecule has 0 saturated heterocycles. The van der Waals surface area contributed by atoms with E-state index in [1.807, 2.05) is 0 Å². The van der Waals surface area contributed by atoms with Gasteiger partial charge in [-0.15, -0.1) is 0 Å². The van der Waals surface area contributed by atoms with Crippen LogP contribution in [0.5, 0.6) is 0 Å². The van der Waals surface area contributed by atoms with Crippen molar-refractivity contribution in [2.75, 3.05) is 59.5 Å². The number of hydrogen-bond donors (Lipinski definition) is 1. The Morgan fingerprint density at radius 1 is 0.524 bits per heavy atom. The van der Waals surface area contributed by atoms with Crippen LogP contribution in [-0.2, 0) is 18.9 Å². The lowest BCUT2D eigenvalue weighted by Crippen LogP contribution is -2.07. The largest absolute Gasteiger partial charge is 0.396 e. The van der Waals surface area contributed by atoms with E-state index in [0.717, 1.165) is 65.3 Å². The van der Waals surface area contributed by atoms with Crippen molar-refractivity contribution in [2.24, 2.45) is 0 Å². The fourth-order valence-electron chi connectivity index (χ4n) is 1.61. The van der Waals surface area contributed by atoms with Gasteiger partial charge in [0, 0.05) is 59.5 Å². The molecule has 0 saturated carbocycles. The fourth-order valence-corrected chi connectivity index (χ4v) is 1.61. The van der Waals surface area contributed by atoms with E-state index in [1.165, 1.54) is 6.42 Å². The van der Waals surface area contributed by atoms with Gasteiger partial charge in [0.25, 0.3) is 0 Å². The van der Waals surface area contributed by atoms with Crippen molar-refractivity contribution in [1.82, 2.24) is 0 Å². The zero-order valence-electron chi connectivity index (χ0n) is 13.7. The monoisotopic (exact) mass is 306 g/mol. The van der Waals surface area contributed by atoms with Gasteiger partial charge in [-0.25, -0.2) is 0 Å². The molecule has 0 radical (unpaired) electrons. The SMILES string of the molecule is CCCCOCCCOCCCOCCCOCCCO. The molecule has 1 N–H and O–H groups in total. The third-order valence-electron chi connectivity index (χ3n) is 2.82. The highest BCUT2D eigenvalue weighted by Crippen LogP contribution is 1.93. The summed E-state index contributed by atoms with van der Waals surface area (Å²) in [6, 6.07) is 0. The molecule has 0 heterocycles. The molecule has 0 aliphatic heterocycles. The number of unbranched alkanes of at least 4 members (excludes halogenated alkanes) is 1. The Balaban J connectivity index is 2.90. The Morgan fingerprint density at radius 2 is 0.857 bits per heavy atom. The minimum atomic E-state index is 0.196. The van der Waals surface area contributed by atoms with Crippen molar-refractivity contribution >= 4 is 0 Å². The smallest absolute Gasteiger partial charge is 0.0488 e. The number of rotatable bonds is 18. The van der Waals surface area contributed by atoms with E-state index < -0.39 is 0 Å². The lowest BCUT2D eigenvalue weighted by molar-refractivity contribution is 0.0523. The molecule has 0 bridgehead atoms. The summed E-state index contributed by atoms with van der Waals surface area (Å²) in [4.78, 5) is 0. The van der Waals surface area contributed by atoms with Crippen molar-refractivity contribution in [3.05, 3.63) is 0 Å². The van der Waals surface area contributed by atoms with Gasteiger partial charge in [-0.05, 0) is 32.1 Å². The van der Waals surface area contributed by atoms with Crippen LogP contribution in [0.3, 0.4) is 0 Å². The van der Waals surface area contributed by atoms with Crippen molar-refractivity contribution < 1.29 is 24.1 Å². The molecule has 0 atom stereocenters. The summed E-state index contributed by atoms with van der Waals surface area (Å²) < 4.78 is 21.7. The molecular weight excluding hydrogens is 272 g/mol. The lowest BCUT2D eigenvalue weighted by Gasteiger charge is -2.07. The fraction of sp³-hybridized carbons (Fsp3) is 1.00. The molecule has 128 valence electrons. The highest BCUT2D eigenvalue weighted by molar-refractivity contribution is 4.40. The van der Waals surface area contributed by atoms with Gasteiger partial charge in [-0.1, -0.05) is 13.3 Å². The Kier molecular flexibility index (Phi) is 19.6. The summed E-state index contributed by atoms with van der Waals surface area (Å²) in [5.74, 6) is 0. The second-order valence-electron chi connectivity index (χ2n) is 4.94. The first-order valence-electron chi connectivity index (χ1n) is 8.33. The van der Waals surface area contributed by atoms with Crippen LogP contribution in [-0.4, -0.2) is 64.6 Å². The van der Waals surface area contributed by atoms with Crippen LogP contribution in [0.4, 0.5) is 0 Å². The zero-order chi connectivity index (χ0) is 15.4. The van der Waals surface area contributed by atoms with Gasteiger partial charge in [0.05, 0.1) is 0 Å². The maximum atomic E-state index is 8.57. The van der Waals surface area contributed by atoms with Gasteiger partial charge in [0.15, 0.2) is 0 Å². The van der Waals surface area contributed by atoms with Crippen LogP contribution in [0.1, 0.15) is 45.4 Å². The third-order valence-corrected chi connectivity index (χ3v) is 2.82. The Labute approximate surface area is 129 Å². The molecule has 0 fully saturated rings. The number of aliphatic hydroxyl groups excluding tert-OH is 1. The number of aliphatic hydroxyl groups is 1. The molecular formula is C16H34O5. The topological polar surface area (TPSA) is 57.2 Å². The summed E-state index contributed by atoms with van der Waals surface area (Å²) in [5.41, 5.74) is 0. The summed E-state index contributed by atoms with van der Waals surface area (Å²) in [5, 5.41) is 8.57. The van der Waals surface area contributed by atoms with E-state index in [-0.39, 0.29) is 6.61 Å². The Morgan fingerprint density at radius 3 is 1.19 bits per heavy atom. The summed E-state index contributed by atoms with van der Waals surface area (Å²) in [6.45, 7) is 8.35. The minimum absolute atomic E-state index is 0.196. The Hall–Kier alpha value is -0.200. The van der Waals surface area contributed by atoms with Gasteiger partial charge < -0.3 is 24.1 Å². The maximum absolute atomic E-state index is 8.57. The predicted octanol–water partition coefficient (Wildman–Crippen LogP) is 2.41. The van der Waals surface area contributed by atoms with Crippen LogP contribution in [0, 0.1) is 0 Å². The highest BCUT2D eigenvalue weighted by atomic mass is 16.5. The van der Waals surface area contributed by atoms with Gasteiger partial charge >= 0.3 is 0 Å². The summed E-state index contributed by atoms with van der Waals surface area (Å²) >= 11 is 0. The first kappa shape index (κ1) is 20.8. The van der Waals surface area contributed by atoms with Crippen LogP contribution >= 0.6 is 0 Å². The molecule has 5 heteroatoms. The van der Waals surface area contributed by atoms with Crippen LogP contribution in [0.25, 0.3) is 0 Å². The highest BCUT2D eigenvalue weighted by Gasteiger charge is 1.93. The van der Waals surface area contributed by atoms with Gasteiger partial charge in [-0.3, -0.25) is 0 Å². The van der Waals surface area contributed by atoms with E-state index >= 15 is 0 Å². The number of ether oxygens (including phenoxy) is 4. The molecule has 0 rings (SSSR count). The molecule has 0 amide bonds. The average Bonchev–Trinajstić information content (AvgIpc) is 2.50. The second-order valence-corrected chi connectivity index (χ2v) is 4.94. The van der Waals surface area contributed by atoms with E-state index in [2.05, 4.69) is 6.92 Å². The quantitative estimate of drug-likeness (QED) is 0.394. The van der Waals surface area contributed by atoms with Gasteiger partial charge in [0.1, 0.15) is 0 Å². The molecule has 21 heavy (non-hydrogen) atoms.